The van der Waals surface area contributed by atoms with E-state index in [2.05, 4.69) is 15.9 Å². The van der Waals surface area contributed by atoms with Gasteiger partial charge in [0, 0.05) is 6.54 Å². The molecule has 0 saturated carbocycles. The highest BCUT2D eigenvalue weighted by atomic mass is 79.9. The van der Waals surface area contributed by atoms with Gasteiger partial charge in [-0.15, -0.1) is 0 Å². The Morgan fingerprint density at radius 2 is 2.32 bits per heavy atom. The lowest BCUT2D eigenvalue weighted by Crippen LogP contribution is -2.48. The van der Waals surface area contributed by atoms with Crippen LogP contribution in [0, 0.1) is 11.7 Å². The predicted molar refractivity (Wildman–Crippen MR) is 74.3 cm³/mol. The fourth-order valence-corrected chi connectivity index (χ4v) is 3.13. The molecule has 19 heavy (non-hydrogen) atoms. The van der Waals surface area contributed by atoms with Crippen molar-refractivity contribution in [1.82, 2.24) is 4.90 Å². The van der Waals surface area contributed by atoms with Crippen molar-refractivity contribution in [3.05, 3.63) is 34.1 Å². The van der Waals surface area contributed by atoms with Crippen molar-refractivity contribution in [1.29, 1.82) is 0 Å². The largest absolute Gasteiger partial charge is 0.480 e. The first-order valence-corrected chi connectivity index (χ1v) is 7.19. The van der Waals surface area contributed by atoms with Crippen molar-refractivity contribution in [2.24, 2.45) is 5.92 Å². The predicted octanol–water partition coefficient (Wildman–Crippen LogP) is 3.27. The molecule has 0 spiro atoms. The molecule has 5 heteroatoms. The van der Waals surface area contributed by atoms with E-state index in [1.807, 2.05) is 17.9 Å². The van der Waals surface area contributed by atoms with Gasteiger partial charge in [0.15, 0.2) is 0 Å². The Morgan fingerprint density at radius 3 is 3.00 bits per heavy atom. The maximum Gasteiger partial charge on any atom is 0.321 e. The van der Waals surface area contributed by atoms with Crippen LogP contribution in [0.15, 0.2) is 22.7 Å². The SMILES string of the molecule is CC1CCCN(Cc2cccc(F)c2Br)C1C(=O)O. The molecule has 1 N–H and O–H groups in total. The molecule has 1 saturated heterocycles. The Labute approximate surface area is 120 Å². The van der Waals surface area contributed by atoms with E-state index in [9.17, 15) is 14.3 Å². The number of aliphatic carboxylic acids is 1. The minimum atomic E-state index is -0.792. The van der Waals surface area contributed by atoms with Crippen LogP contribution in [0.4, 0.5) is 4.39 Å². The summed E-state index contributed by atoms with van der Waals surface area (Å²) < 4.78 is 13.9. The molecule has 1 heterocycles. The van der Waals surface area contributed by atoms with E-state index in [1.165, 1.54) is 6.07 Å². The molecular weight excluding hydrogens is 313 g/mol. The highest BCUT2D eigenvalue weighted by Crippen LogP contribution is 2.28. The van der Waals surface area contributed by atoms with Crippen LogP contribution in [-0.4, -0.2) is 28.6 Å². The van der Waals surface area contributed by atoms with Crippen LogP contribution in [0.25, 0.3) is 0 Å². The number of hydrogen-bond acceptors (Lipinski definition) is 2. The summed E-state index contributed by atoms with van der Waals surface area (Å²) in [7, 11) is 0. The Morgan fingerprint density at radius 1 is 1.58 bits per heavy atom. The minimum absolute atomic E-state index is 0.124. The van der Waals surface area contributed by atoms with Crippen LogP contribution < -0.4 is 0 Å². The molecule has 2 rings (SSSR count). The molecule has 0 aromatic heterocycles. The molecule has 1 aromatic carbocycles. The van der Waals surface area contributed by atoms with Crippen molar-refractivity contribution in [2.45, 2.75) is 32.4 Å². The molecular formula is C14H17BrFNO2. The summed E-state index contributed by atoms with van der Waals surface area (Å²) in [5.74, 6) is -0.979. The highest BCUT2D eigenvalue weighted by Gasteiger charge is 2.34. The van der Waals surface area contributed by atoms with Gasteiger partial charge in [0.1, 0.15) is 11.9 Å². The van der Waals surface area contributed by atoms with E-state index in [1.54, 1.807) is 6.07 Å². The van der Waals surface area contributed by atoms with Crippen molar-refractivity contribution in [2.75, 3.05) is 6.54 Å². The Balaban J connectivity index is 2.20. The van der Waals surface area contributed by atoms with Crippen molar-refractivity contribution in [3.8, 4) is 0 Å². The smallest absolute Gasteiger partial charge is 0.321 e. The molecule has 2 unspecified atom stereocenters. The standard InChI is InChI=1S/C14H17BrFNO2/c1-9-4-3-7-17(13(9)14(18)19)8-10-5-2-6-11(16)12(10)15/h2,5-6,9,13H,3-4,7-8H2,1H3,(H,18,19). The minimum Gasteiger partial charge on any atom is -0.480 e. The Hall–Kier alpha value is -0.940. The normalized spacial score (nSPS) is 24.4. The maximum atomic E-state index is 13.5. The molecule has 0 amide bonds. The monoisotopic (exact) mass is 329 g/mol. The van der Waals surface area contributed by atoms with Gasteiger partial charge in [-0.1, -0.05) is 19.1 Å². The Kier molecular flexibility index (Phi) is 4.58. The zero-order valence-corrected chi connectivity index (χ0v) is 12.4. The molecule has 2 atom stereocenters. The number of nitrogens with zero attached hydrogens (tertiary/aromatic N) is 1. The van der Waals surface area contributed by atoms with Crippen LogP contribution in [0.2, 0.25) is 0 Å². The third-order valence-corrected chi connectivity index (χ3v) is 4.58. The first kappa shape index (κ1) is 14.5. The van der Waals surface area contributed by atoms with Gasteiger partial charge >= 0.3 is 5.97 Å². The Bertz CT molecular complexity index is 481. The second-order valence-electron chi connectivity index (χ2n) is 5.09. The van der Waals surface area contributed by atoms with Crippen molar-refractivity contribution < 1.29 is 14.3 Å². The summed E-state index contributed by atoms with van der Waals surface area (Å²) in [5.41, 5.74) is 0.792. The lowest BCUT2D eigenvalue weighted by atomic mass is 9.90. The zero-order valence-electron chi connectivity index (χ0n) is 10.8. The number of halogens is 2. The summed E-state index contributed by atoms with van der Waals surface area (Å²) in [6, 6.07) is 4.38. The first-order valence-electron chi connectivity index (χ1n) is 6.40. The summed E-state index contributed by atoms with van der Waals surface area (Å²) in [6.45, 7) is 3.16. The van der Waals surface area contributed by atoms with E-state index >= 15 is 0 Å². The average molecular weight is 330 g/mol. The molecule has 0 aliphatic carbocycles. The zero-order chi connectivity index (χ0) is 14.0. The number of carbonyl (C=O) groups is 1. The molecule has 0 bridgehead atoms. The molecule has 1 fully saturated rings. The number of piperidine rings is 1. The highest BCUT2D eigenvalue weighted by molar-refractivity contribution is 9.10. The number of benzene rings is 1. The third-order valence-electron chi connectivity index (χ3n) is 3.70. The van der Waals surface area contributed by atoms with Gasteiger partial charge in [-0.25, -0.2) is 4.39 Å². The quantitative estimate of drug-likeness (QED) is 0.925. The van der Waals surface area contributed by atoms with Gasteiger partial charge in [-0.3, -0.25) is 9.69 Å². The van der Waals surface area contributed by atoms with E-state index in [-0.39, 0.29) is 11.7 Å². The fraction of sp³-hybridized carbons (Fsp3) is 0.500. The number of likely N-dealkylation sites (tertiary alicyclic amines) is 1. The van der Waals surface area contributed by atoms with E-state index in [0.29, 0.717) is 11.0 Å². The number of rotatable bonds is 3. The van der Waals surface area contributed by atoms with E-state index < -0.39 is 12.0 Å². The number of carboxylic acids is 1. The van der Waals surface area contributed by atoms with Gasteiger partial charge in [0.2, 0.25) is 0 Å². The summed E-state index contributed by atoms with van der Waals surface area (Å²) >= 11 is 3.23. The lowest BCUT2D eigenvalue weighted by Gasteiger charge is -2.37. The van der Waals surface area contributed by atoms with Gasteiger partial charge in [-0.05, 0) is 52.9 Å². The van der Waals surface area contributed by atoms with Crippen molar-refractivity contribution in [3.63, 3.8) is 0 Å². The number of carboxylic acid groups (broad SMARTS) is 1. The van der Waals surface area contributed by atoms with Crippen molar-refractivity contribution >= 4 is 21.9 Å². The first-order chi connectivity index (χ1) is 9.00. The third kappa shape index (κ3) is 3.15. The second kappa shape index (κ2) is 6.01. The van der Waals surface area contributed by atoms with Gasteiger partial charge in [-0.2, -0.15) is 0 Å². The molecule has 0 radical (unpaired) electrons. The van der Waals surface area contributed by atoms with Crippen LogP contribution in [0.5, 0.6) is 0 Å². The van der Waals surface area contributed by atoms with Gasteiger partial charge < -0.3 is 5.11 Å². The molecule has 1 aliphatic rings. The summed E-state index contributed by atoms with van der Waals surface area (Å²) in [4.78, 5) is 13.3. The van der Waals surface area contributed by atoms with Crippen LogP contribution >= 0.6 is 15.9 Å². The molecule has 3 nitrogen and oxygen atoms in total. The summed E-state index contributed by atoms with van der Waals surface area (Å²) in [6.07, 6.45) is 1.91. The number of hydrogen-bond donors (Lipinski definition) is 1. The fourth-order valence-electron chi connectivity index (χ4n) is 2.74. The molecule has 1 aliphatic heterocycles. The van der Waals surface area contributed by atoms with E-state index in [4.69, 9.17) is 0 Å². The second-order valence-corrected chi connectivity index (χ2v) is 5.88. The topological polar surface area (TPSA) is 40.5 Å². The lowest BCUT2D eigenvalue weighted by molar-refractivity contribution is -0.147. The van der Waals surface area contributed by atoms with Crippen LogP contribution in [-0.2, 0) is 11.3 Å². The van der Waals surface area contributed by atoms with E-state index in [0.717, 1.165) is 24.9 Å². The molecule has 104 valence electrons. The van der Waals surface area contributed by atoms with Gasteiger partial charge in [0.25, 0.3) is 0 Å². The average Bonchev–Trinajstić information content (AvgIpc) is 2.34. The van der Waals surface area contributed by atoms with Gasteiger partial charge in [0.05, 0.1) is 4.47 Å². The summed E-state index contributed by atoms with van der Waals surface area (Å²) in [5, 5.41) is 9.35. The van der Waals surface area contributed by atoms with Crippen LogP contribution in [0.1, 0.15) is 25.3 Å². The molecule has 1 aromatic rings. The maximum absolute atomic E-state index is 13.5. The van der Waals surface area contributed by atoms with Crippen LogP contribution in [0.3, 0.4) is 0 Å².